The average molecular weight is 256 g/mol. The Hall–Kier alpha value is -1.23. The Morgan fingerprint density at radius 2 is 2.12 bits per heavy atom. The number of carbonyl (C=O) groups excluding carboxylic acids is 1. The van der Waals surface area contributed by atoms with Gasteiger partial charge in [-0.3, -0.25) is 0 Å². The molecule has 1 aromatic carbocycles. The molecule has 0 spiro atoms. The summed E-state index contributed by atoms with van der Waals surface area (Å²) in [6.07, 6.45) is 0.660. The normalized spacial score (nSPS) is 27.8. The Balaban J connectivity index is 2.33. The van der Waals surface area contributed by atoms with Crippen LogP contribution in [-0.4, -0.2) is 25.7 Å². The van der Waals surface area contributed by atoms with Crippen molar-refractivity contribution in [3.05, 3.63) is 35.6 Å². The summed E-state index contributed by atoms with van der Waals surface area (Å²) in [7, 11) is -3.25. The molecule has 0 saturated heterocycles. The predicted octanol–water partition coefficient (Wildman–Crippen LogP) is 1.54. The minimum Gasteiger partial charge on any atom is -0.303 e. The highest BCUT2D eigenvalue weighted by Gasteiger charge is 2.57. The van der Waals surface area contributed by atoms with Crippen LogP contribution in [-0.2, 0) is 14.6 Å². The maximum absolute atomic E-state index is 13.1. The molecule has 17 heavy (non-hydrogen) atoms. The number of carbonyl (C=O) groups is 1. The summed E-state index contributed by atoms with van der Waals surface area (Å²) in [4.78, 5) is 10.9. The topological polar surface area (TPSA) is 51.2 Å². The third-order valence-corrected chi connectivity index (χ3v) is 5.46. The standard InChI is InChI=1S/C12H13FO3S/c1-2-17(15,16)12-10(7-14)11(12)8-4-3-5-9(13)6-8/h3-7,10-12H,2H2,1H3/t10-,11-,12-/m0/s1. The highest BCUT2D eigenvalue weighted by atomic mass is 32.2. The SMILES string of the molecule is CCS(=O)(=O)[C@H]1[C@@H](C=O)[C@@H]1c1cccc(F)c1. The number of hydrogen-bond donors (Lipinski definition) is 0. The van der Waals surface area contributed by atoms with E-state index in [9.17, 15) is 17.6 Å². The van der Waals surface area contributed by atoms with E-state index in [4.69, 9.17) is 0 Å². The zero-order valence-corrected chi connectivity index (χ0v) is 10.2. The summed E-state index contributed by atoms with van der Waals surface area (Å²) in [5.41, 5.74) is 0.587. The second-order valence-electron chi connectivity index (χ2n) is 4.21. The Morgan fingerprint density at radius 3 is 2.65 bits per heavy atom. The van der Waals surface area contributed by atoms with Gasteiger partial charge in [-0.1, -0.05) is 19.1 Å². The van der Waals surface area contributed by atoms with Gasteiger partial charge in [0.25, 0.3) is 0 Å². The van der Waals surface area contributed by atoms with Gasteiger partial charge in [-0.25, -0.2) is 12.8 Å². The van der Waals surface area contributed by atoms with Crippen molar-refractivity contribution < 1.29 is 17.6 Å². The van der Waals surface area contributed by atoms with Crippen LogP contribution in [0.5, 0.6) is 0 Å². The number of benzene rings is 1. The average Bonchev–Trinajstić information content (AvgIpc) is 3.04. The van der Waals surface area contributed by atoms with Crippen molar-refractivity contribution in [1.82, 2.24) is 0 Å². The summed E-state index contributed by atoms with van der Waals surface area (Å²) < 4.78 is 36.5. The molecule has 0 unspecified atom stereocenters. The van der Waals surface area contributed by atoms with Gasteiger partial charge in [0.1, 0.15) is 12.1 Å². The van der Waals surface area contributed by atoms with Crippen molar-refractivity contribution >= 4 is 16.1 Å². The van der Waals surface area contributed by atoms with Gasteiger partial charge in [0.2, 0.25) is 0 Å². The highest BCUT2D eigenvalue weighted by Crippen LogP contribution is 2.51. The summed E-state index contributed by atoms with van der Waals surface area (Å²) in [5.74, 6) is -1.31. The van der Waals surface area contributed by atoms with Gasteiger partial charge in [0.05, 0.1) is 5.25 Å². The smallest absolute Gasteiger partial charge is 0.154 e. The van der Waals surface area contributed by atoms with Crippen LogP contribution in [0.1, 0.15) is 18.4 Å². The highest BCUT2D eigenvalue weighted by molar-refractivity contribution is 7.92. The Morgan fingerprint density at radius 1 is 1.41 bits per heavy atom. The molecule has 2 rings (SSSR count). The van der Waals surface area contributed by atoms with Gasteiger partial charge < -0.3 is 4.79 Å². The van der Waals surface area contributed by atoms with Crippen LogP contribution in [0.15, 0.2) is 24.3 Å². The first-order valence-electron chi connectivity index (χ1n) is 5.43. The number of halogens is 1. The summed E-state index contributed by atoms with van der Waals surface area (Å²) in [5, 5.41) is -0.674. The van der Waals surface area contributed by atoms with Crippen LogP contribution in [0.2, 0.25) is 0 Å². The van der Waals surface area contributed by atoms with Crippen LogP contribution >= 0.6 is 0 Å². The van der Waals surface area contributed by atoms with Crippen LogP contribution in [0, 0.1) is 11.7 Å². The molecule has 92 valence electrons. The van der Waals surface area contributed by atoms with E-state index in [0.717, 1.165) is 0 Å². The van der Waals surface area contributed by atoms with E-state index in [1.165, 1.54) is 18.2 Å². The summed E-state index contributed by atoms with van der Waals surface area (Å²) >= 11 is 0. The number of rotatable bonds is 4. The van der Waals surface area contributed by atoms with Crippen molar-refractivity contribution in [2.75, 3.05) is 5.75 Å². The monoisotopic (exact) mass is 256 g/mol. The van der Waals surface area contributed by atoms with Gasteiger partial charge in [0, 0.05) is 17.6 Å². The van der Waals surface area contributed by atoms with E-state index in [2.05, 4.69) is 0 Å². The maximum atomic E-state index is 13.1. The minimum atomic E-state index is -3.25. The fourth-order valence-electron chi connectivity index (χ4n) is 2.25. The molecule has 3 atom stereocenters. The molecule has 0 heterocycles. The lowest BCUT2D eigenvalue weighted by atomic mass is 10.1. The second kappa shape index (κ2) is 4.22. The van der Waals surface area contributed by atoms with Crippen molar-refractivity contribution in [2.45, 2.75) is 18.1 Å². The molecular formula is C12H13FO3S. The van der Waals surface area contributed by atoms with Crippen LogP contribution in [0.25, 0.3) is 0 Å². The van der Waals surface area contributed by atoms with E-state index in [1.807, 2.05) is 0 Å². The molecule has 3 nitrogen and oxygen atoms in total. The van der Waals surface area contributed by atoms with E-state index < -0.39 is 26.8 Å². The largest absolute Gasteiger partial charge is 0.303 e. The lowest BCUT2D eigenvalue weighted by Crippen LogP contribution is -2.12. The molecule has 0 aromatic heterocycles. The molecule has 0 amide bonds. The quantitative estimate of drug-likeness (QED) is 0.768. The molecular weight excluding hydrogens is 243 g/mol. The first kappa shape index (κ1) is 12.2. The Kier molecular flexibility index (Phi) is 3.03. The third-order valence-electron chi connectivity index (χ3n) is 3.21. The van der Waals surface area contributed by atoms with E-state index >= 15 is 0 Å². The first-order chi connectivity index (χ1) is 8.01. The summed E-state index contributed by atoms with van der Waals surface area (Å²) in [6, 6.07) is 5.79. The van der Waals surface area contributed by atoms with Crippen molar-refractivity contribution in [3.63, 3.8) is 0 Å². The molecule has 0 N–H and O–H groups in total. The van der Waals surface area contributed by atoms with E-state index in [1.54, 1.807) is 13.0 Å². The number of sulfone groups is 1. The van der Waals surface area contributed by atoms with E-state index in [0.29, 0.717) is 11.8 Å². The minimum absolute atomic E-state index is 0.00776. The molecule has 1 saturated carbocycles. The molecule has 1 aliphatic rings. The van der Waals surface area contributed by atoms with Crippen molar-refractivity contribution in [3.8, 4) is 0 Å². The predicted molar refractivity (Wildman–Crippen MR) is 61.9 cm³/mol. The van der Waals surface area contributed by atoms with Gasteiger partial charge in [-0.05, 0) is 17.7 Å². The van der Waals surface area contributed by atoms with Gasteiger partial charge in [0.15, 0.2) is 9.84 Å². The number of hydrogen-bond acceptors (Lipinski definition) is 3. The molecule has 1 fully saturated rings. The zero-order valence-electron chi connectivity index (χ0n) is 9.34. The summed E-state index contributed by atoms with van der Waals surface area (Å²) in [6.45, 7) is 1.55. The molecule has 1 aromatic rings. The molecule has 0 aliphatic heterocycles. The first-order valence-corrected chi connectivity index (χ1v) is 7.15. The van der Waals surface area contributed by atoms with Gasteiger partial charge in [-0.15, -0.1) is 0 Å². The molecule has 0 radical (unpaired) electrons. The fraction of sp³-hybridized carbons (Fsp3) is 0.417. The van der Waals surface area contributed by atoms with Gasteiger partial charge in [-0.2, -0.15) is 0 Å². The van der Waals surface area contributed by atoms with Crippen LogP contribution < -0.4 is 0 Å². The Bertz CT molecular complexity index is 538. The van der Waals surface area contributed by atoms with Crippen molar-refractivity contribution in [2.24, 2.45) is 5.92 Å². The van der Waals surface area contributed by atoms with Crippen molar-refractivity contribution in [1.29, 1.82) is 0 Å². The zero-order chi connectivity index (χ0) is 12.6. The maximum Gasteiger partial charge on any atom is 0.154 e. The third kappa shape index (κ3) is 2.11. The fourth-order valence-corrected chi connectivity index (χ4v) is 4.04. The molecule has 1 aliphatic carbocycles. The molecule has 0 bridgehead atoms. The van der Waals surface area contributed by atoms with Crippen LogP contribution in [0.3, 0.4) is 0 Å². The van der Waals surface area contributed by atoms with Gasteiger partial charge >= 0.3 is 0 Å². The second-order valence-corrected chi connectivity index (χ2v) is 6.66. The van der Waals surface area contributed by atoms with E-state index in [-0.39, 0.29) is 11.7 Å². The lowest BCUT2D eigenvalue weighted by molar-refractivity contribution is -0.108. The Labute approximate surface area is 99.6 Å². The lowest BCUT2D eigenvalue weighted by Gasteiger charge is -2.00. The van der Waals surface area contributed by atoms with Crippen LogP contribution in [0.4, 0.5) is 4.39 Å². The number of aldehydes is 1. The molecule has 5 heteroatoms.